The van der Waals surface area contributed by atoms with Crippen molar-refractivity contribution in [1.29, 1.82) is 0 Å². The van der Waals surface area contributed by atoms with Crippen molar-refractivity contribution in [3.05, 3.63) is 30.1 Å². The molecule has 1 aromatic carbocycles. The smallest absolute Gasteiger partial charge is 0.222 e. The first-order valence-electron chi connectivity index (χ1n) is 8.38. The fraction of sp³-hybridized carbons (Fsp3) is 0.556. The molecular formula is C18H25N3O. The summed E-state index contributed by atoms with van der Waals surface area (Å²) in [6, 6.07) is 8.34. The molecule has 4 heteroatoms. The number of aryl methyl sites for hydroxylation is 1. The minimum Gasteiger partial charge on any atom is -0.343 e. The number of carbonyl (C=O) groups excluding carboxylic acids is 1. The summed E-state index contributed by atoms with van der Waals surface area (Å²) in [7, 11) is 0. The average molecular weight is 299 g/mol. The lowest BCUT2D eigenvalue weighted by molar-refractivity contribution is -0.132. The predicted molar refractivity (Wildman–Crippen MR) is 88.7 cm³/mol. The van der Waals surface area contributed by atoms with Crippen LogP contribution in [-0.4, -0.2) is 33.4 Å². The molecule has 0 radical (unpaired) electrons. The molecule has 1 saturated heterocycles. The second kappa shape index (κ2) is 6.51. The van der Waals surface area contributed by atoms with Crippen LogP contribution in [-0.2, 0) is 11.3 Å². The van der Waals surface area contributed by atoms with Crippen molar-refractivity contribution in [3.63, 3.8) is 0 Å². The highest BCUT2D eigenvalue weighted by Crippen LogP contribution is 2.23. The van der Waals surface area contributed by atoms with E-state index in [0.29, 0.717) is 18.2 Å². The molecule has 22 heavy (non-hydrogen) atoms. The molecule has 0 bridgehead atoms. The number of para-hydroxylation sites is 2. The van der Waals surface area contributed by atoms with Gasteiger partial charge < -0.3 is 9.47 Å². The van der Waals surface area contributed by atoms with Crippen LogP contribution < -0.4 is 0 Å². The SMILES string of the molecule is CCCC(=O)N1CCC(Cn2c(C)nc3ccccc32)CC1. The lowest BCUT2D eigenvalue weighted by Gasteiger charge is -2.32. The topological polar surface area (TPSA) is 38.1 Å². The molecule has 2 heterocycles. The molecule has 1 aliphatic heterocycles. The molecule has 0 aliphatic carbocycles. The van der Waals surface area contributed by atoms with Crippen molar-refractivity contribution in [1.82, 2.24) is 14.5 Å². The Labute approximate surface area is 132 Å². The number of amides is 1. The van der Waals surface area contributed by atoms with Gasteiger partial charge in [-0.1, -0.05) is 19.1 Å². The van der Waals surface area contributed by atoms with Crippen LogP contribution in [0.3, 0.4) is 0 Å². The number of benzene rings is 1. The Morgan fingerprint density at radius 2 is 2.00 bits per heavy atom. The Kier molecular flexibility index (Phi) is 4.46. The normalized spacial score (nSPS) is 16.4. The molecule has 1 aromatic heterocycles. The Morgan fingerprint density at radius 3 is 2.73 bits per heavy atom. The molecule has 0 saturated carbocycles. The lowest BCUT2D eigenvalue weighted by Crippen LogP contribution is -2.39. The van der Waals surface area contributed by atoms with Crippen LogP contribution in [0.25, 0.3) is 11.0 Å². The predicted octanol–water partition coefficient (Wildman–Crippen LogP) is 3.38. The fourth-order valence-corrected chi connectivity index (χ4v) is 3.42. The first-order valence-corrected chi connectivity index (χ1v) is 8.38. The Bertz CT molecular complexity index is 653. The third-order valence-electron chi connectivity index (χ3n) is 4.72. The van der Waals surface area contributed by atoms with Crippen LogP contribution in [0.4, 0.5) is 0 Å². The number of fused-ring (bicyclic) bond motifs is 1. The molecular weight excluding hydrogens is 274 g/mol. The molecule has 0 N–H and O–H groups in total. The minimum atomic E-state index is 0.324. The first kappa shape index (κ1) is 15.1. The van der Waals surface area contributed by atoms with Gasteiger partial charge in [-0.25, -0.2) is 4.98 Å². The fourth-order valence-electron chi connectivity index (χ4n) is 3.42. The maximum Gasteiger partial charge on any atom is 0.222 e. The van der Waals surface area contributed by atoms with E-state index in [1.807, 2.05) is 11.0 Å². The van der Waals surface area contributed by atoms with Gasteiger partial charge in [-0.05, 0) is 44.2 Å². The van der Waals surface area contributed by atoms with E-state index in [4.69, 9.17) is 0 Å². The van der Waals surface area contributed by atoms with E-state index in [-0.39, 0.29) is 0 Å². The van der Waals surface area contributed by atoms with E-state index in [0.717, 1.165) is 50.2 Å². The maximum atomic E-state index is 12.0. The van der Waals surface area contributed by atoms with E-state index < -0.39 is 0 Å². The molecule has 2 aromatic rings. The Morgan fingerprint density at radius 1 is 1.27 bits per heavy atom. The highest BCUT2D eigenvalue weighted by molar-refractivity contribution is 5.76. The molecule has 0 unspecified atom stereocenters. The second-order valence-electron chi connectivity index (χ2n) is 6.33. The molecule has 0 spiro atoms. The van der Waals surface area contributed by atoms with Crippen LogP contribution in [0, 0.1) is 12.8 Å². The molecule has 0 atom stereocenters. The summed E-state index contributed by atoms with van der Waals surface area (Å²) in [4.78, 5) is 18.6. The van der Waals surface area contributed by atoms with Crippen molar-refractivity contribution in [2.75, 3.05) is 13.1 Å². The quantitative estimate of drug-likeness (QED) is 0.868. The standard InChI is InChI=1S/C18H25N3O/c1-3-6-18(22)20-11-9-15(10-12-20)13-21-14(2)19-16-7-4-5-8-17(16)21/h4-5,7-8,15H,3,6,9-13H2,1-2H3. The lowest BCUT2D eigenvalue weighted by atomic mass is 9.96. The third-order valence-corrected chi connectivity index (χ3v) is 4.72. The van der Waals surface area contributed by atoms with E-state index in [9.17, 15) is 4.79 Å². The van der Waals surface area contributed by atoms with Crippen molar-refractivity contribution < 1.29 is 4.79 Å². The zero-order valence-electron chi connectivity index (χ0n) is 13.6. The summed E-state index contributed by atoms with van der Waals surface area (Å²) in [5, 5.41) is 0. The van der Waals surface area contributed by atoms with Crippen LogP contribution in [0.15, 0.2) is 24.3 Å². The number of piperidine rings is 1. The number of aromatic nitrogens is 2. The summed E-state index contributed by atoms with van der Waals surface area (Å²) in [6.45, 7) is 6.99. The van der Waals surface area contributed by atoms with E-state index in [1.165, 1.54) is 5.52 Å². The van der Waals surface area contributed by atoms with Crippen LogP contribution in [0.5, 0.6) is 0 Å². The van der Waals surface area contributed by atoms with Crippen molar-refractivity contribution in [2.24, 2.45) is 5.92 Å². The summed E-state index contributed by atoms with van der Waals surface area (Å²) in [6.07, 6.45) is 3.83. The average Bonchev–Trinajstić information content (AvgIpc) is 2.84. The van der Waals surface area contributed by atoms with Crippen molar-refractivity contribution >= 4 is 16.9 Å². The van der Waals surface area contributed by atoms with Gasteiger partial charge in [-0.15, -0.1) is 0 Å². The zero-order valence-corrected chi connectivity index (χ0v) is 13.6. The summed E-state index contributed by atoms with van der Waals surface area (Å²) >= 11 is 0. The largest absolute Gasteiger partial charge is 0.343 e. The van der Waals surface area contributed by atoms with Crippen molar-refractivity contribution in [2.45, 2.75) is 46.1 Å². The summed E-state index contributed by atoms with van der Waals surface area (Å²) in [5.41, 5.74) is 2.31. The van der Waals surface area contributed by atoms with E-state index >= 15 is 0 Å². The number of rotatable bonds is 4. The third kappa shape index (κ3) is 3.01. The summed E-state index contributed by atoms with van der Waals surface area (Å²) < 4.78 is 2.34. The van der Waals surface area contributed by atoms with E-state index in [2.05, 4.69) is 41.6 Å². The first-order chi connectivity index (χ1) is 10.7. The van der Waals surface area contributed by atoms with Crippen LogP contribution in [0.1, 0.15) is 38.4 Å². The highest BCUT2D eigenvalue weighted by Gasteiger charge is 2.23. The van der Waals surface area contributed by atoms with Crippen LogP contribution in [0.2, 0.25) is 0 Å². The number of carbonyl (C=O) groups is 1. The van der Waals surface area contributed by atoms with Gasteiger partial charge >= 0.3 is 0 Å². The number of nitrogens with zero attached hydrogens (tertiary/aromatic N) is 3. The Hall–Kier alpha value is -1.84. The molecule has 118 valence electrons. The van der Waals surface area contributed by atoms with Crippen molar-refractivity contribution in [3.8, 4) is 0 Å². The maximum absolute atomic E-state index is 12.0. The minimum absolute atomic E-state index is 0.324. The molecule has 4 nitrogen and oxygen atoms in total. The molecule has 1 amide bonds. The van der Waals surface area contributed by atoms with Gasteiger partial charge in [0.2, 0.25) is 5.91 Å². The van der Waals surface area contributed by atoms with Gasteiger partial charge in [0.25, 0.3) is 0 Å². The van der Waals surface area contributed by atoms with Crippen LogP contribution >= 0.6 is 0 Å². The van der Waals surface area contributed by atoms with Gasteiger partial charge in [0, 0.05) is 26.1 Å². The number of hydrogen-bond acceptors (Lipinski definition) is 2. The number of imidazole rings is 1. The second-order valence-corrected chi connectivity index (χ2v) is 6.33. The van der Waals surface area contributed by atoms with Gasteiger partial charge in [-0.3, -0.25) is 4.79 Å². The zero-order chi connectivity index (χ0) is 15.5. The molecule has 3 rings (SSSR count). The van der Waals surface area contributed by atoms with Gasteiger partial charge in [0.1, 0.15) is 5.82 Å². The molecule has 1 aliphatic rings. The van der Waals surface area contributed by atoms with Gasteiger partial charge in [-0.2, -0.15) is 0 Å². The molecule has 1 fully saturated rings. The number of likely N-dealkylation sites (tertiary alicyclic amines) is 1. The Balaban J connectivity index is 1.65. The van der Waals surface area contributed by atoms with Gasteiger partial charge in [0.05, 0.1) is 11.0 Å². The number of hydrogen-bond donors (Lipinski definition) is 0. The highest BCUT2D eigenvalue weighted by atomic mass is 16.2. The monoisotopic (exact) mass is 299 g/mol. The van der Waals surface area contributed by atoms with Gasteiger partial charge in [0.15, 0.2) is 0 Å². The van der Waals surface area contributed by atoms with E-state index in [1.54, 1.807) is 0 Å². The summed E-state index contributed by atoms with van der Waals surface area (Å²) in [5.74, 6) is 2.05.